The Labute approximate surface area is 205 Å². The van der Waals surface area contributed by atoms with Gasteiger partial charge in [-0.05, 0) is 49.7 Å². The molecular formula is C25H24F2N8O. The Hall–Kier alpha value is -3.83. The van der Waals surface area contributed by atoms with Crippen molar-refractivity contribution in [3.63, 3.8) is 0 Å². The number of aliphatic imine (C=N–C) groups is 1. The molecule has 184 valence electrons. The fourth-order valence-electron chi connectivity index (χ4n) is 4.55. The summed E-state index contributed by atoms with van der Waals surface area (Å²) < 4.78 is 35.0. The number of hydrogen-bond donors (Lipinski definition) is 2. The van der Waals surface area contributed by atoms with Crippen LogP contribution in [0.4, 0.5) is 20.2 Å². The number of fused-ring (bicyclic) bond motifs is 2. The van der Waals surface area contributed by atoms with E-state index in [1.807, 2.05) is 12.3 Å². The summed E-state index contributed by atoms with van der Waals surface area (Å²) in [5.74, 6) is -0.786. The molecule has 0 radical (unpaired) electrons. The molecule has 1 aromatic carbocycles. The van der Waals surface area contributed by atoms with E-state index in [1.165, 1.54) is 18.6 Å². The van der Waals surface area contributed by atoms with Gasteiger partial charge in [-0.3, -0.25) is 9.98 Å². The number of halogens is 2. The number of aromatic nitrogens is 5. The number of anilines is 1. The van der Waals surface area contributed by atoms with Gasteiger partial charge in [-0.15, -0.1) is 10.2 Å². The Morgan fingerprint density at radius 1 is 1.11 bits per heavy atom. The lowest BCUT2D eigenvalue weighted by Crippen LogP contribution is -2.31. The van der Waals surface area contributed by atoms with Gasteiger partial charge in [-0.2, -0.15) is 9.61 Å². The zero-order valence-electron chi connectivity index (χ0n) is 19.4. The lowest BCUT2D eigenvalue weighted by Gasteiger charge is -2.22. The van der Waals surface area contributed by atoms with Crippen LogP contribution in [0.3, 0.4) is 0 Å². The van der Waals surface area contributed by atoms with Crippen LogP contribution in [0.15, 0.2) is 47.6 Å². The highest BCUT2D eigenvalue weighted by atomic mass is 19.1. The molecule has 0 amide bonds. The first-order valence-corrected chi connectivity index (χ1v) is 11.9. The number of nitrogens with zero attached hydrogens (tertiary/aromatic N) is 6. The Kier molecular flexibility index (Phi) is 6.08. The van der Waals surface area contributed by atoms with E-state index in [0.717, 1.165) is 36.1 Å². The van der Waals surface area contributed by atoms with Crippen LogP contribution in [0.5, 0.6) is 0 Å². The molecule has 0 saturated carbocycles. The smallest absolute Gasteiger partial charge is 0.178 e. The molecule has 2 atom stereocenters. The summed E-state index contributed by atoms with van der Waals surface area (Å²) in [6.07, 6.45) is 6.47. The quantitative estimate of drug-likeness (QED) is 0.409. The molecule has 3 aromatic heterocycles. The highest BCUT2D eigenvalue weighted by molar-refractivity contribution is 5.79. The first-order chi connectivity index (χ1) is 17.6. The Morgan fingerprint density at radius 2 is 2.00 bits per heavy atom. The van der Waals surface area contributed by atoms with Crippen LogP contribution in [-0.4, -0.2) is 56.3 Å². The van der Waals surface area contributed by atoms with Crippen molar-refractivity contribution in [2.45, 2.75) is 38.0 Å². The predicted molar refractivity (Wildman–Crippen MR) is 130 cm³/mol. The highest BCUT2D eigenvalue weighted by Crippen LogP contribution is 2.32. The fourth-order valence-corrected chi connectivity index (χ4v) is 4.55. The van der Waals surface area contributed by atoms with Crippen molar-refractivity contribution in [3.8, 4) is 11.3 Å². The van der Waals surface area contributed by atoms with Crippen molar-refractivity contribution in [1.29, 1.82) is 0 Å². The fraction of sp³-hybridized carbons (Fsp3) is 0.320. The average Bonchev–Trinajstić information content (AvgIpc) is 3.55. The average molecular weight is 491 g/mol. The maximum atomic E-state index is 13.7. The van der Waals surface area contributed by atoms with Crippen LogP contribution >= 0.6 is 0 Å². The van der Waals surface area contributed by atoms with Crippen molar-refractivity contribution in [2.75, 3.05) is 18.5 Å². The number of benzene rings is 1. The van der Waals surface area contributed by atoms with Crippen molar-refractivity contribution in [2.24, 2.45) is 4.99 Å². The van der Waals surface area contributed by atoms with Gasteiger partial charge in [0, 0.05) is 36.5 Å². The van der Waals surface area contributed by atoms with Crippen molar-refractivity contribution < 1.29 is 13.5 Å². The molecular weight excluding hydrogens is 466 g/mol. The summed E-state index contributed by atoms with van der Waals surface area (Å²) in [7, 11) is 0. The third-order valence-corrected chi connectivity index (χ3v) is 6.36. The first-order valence-electron chi connectivity index (χ1n) is 11.9. The van der Waals surface area contributed by atoms with Gasteiger partial charge in [-0.25, -0.2) is 8.78 Å². The van der Waals surface area contributed by atoms with Crippen LogP contribution in [0.2, 0.25) is 0 Å². The second kappa shape index (κ2) is 9.67. The van der Waals surface area contributed by atoms with E-state index in [4.69, 9.17) is 4.74 Å². The van der Waals surface area contributed by atoms with Crippen LogP contribution in [0.25, 0.3) is 16.9 Å². The normalized spacial score (nSPS) is 19.1. The van der Waals surface area contributed by atoms with Gasteiger partial charge in [0.1, 0.15) is 17.3 Å². The lowest BCUT2D eigenvalue weighted by molar-refractivity contribution is 0.0842. The summed E-state index contributed by atoms with van der Waals surface area (Å²) in [6, 6.07) is 8.94. The Morgan fingerprint density at radius 3 is 2.83 bits per heavy atom. The number of pyridine rings is 1. The number of hydrogen-bond acceptors (Lipinski definition) is 8. The second-order valence-electron chi connectivity index (χ2n) is 8.92. The molecule has 0 aliphatic carbocycles. The number of rotatable bonds is 7. The number of nitrogens with one attached hydrogen (secondary N) is 2. The second-order valence-corrected chi connectivity index (χ2v) is 8.92. The molecule has 6 rings (SSSR count). The van der Waals surface area contributed by atoms with E-state index in [9.17, 15) is 8.78 Å². The van der Waals surface area contributed by atoms with Crippen LogP contribution in [-0.2, 0) is 17.7 Å². The zero-order chi connectivity index (χ0) is 24.5. The van der Waals surface area contributed by atoms with E-state index < -0.39 is 11.6 Å². The monoisotopic (exact) mass is 490 g/mol. The molecule has 1 saturated heterocycles. The summed E-state index contributed by atoms with van der Waals surface area (Å²) in [5.41, 5.74) is 3.72. The van der Waals surface area contributed by atoms with Crippen molar-refractivity contribution >= 4 is 23.2 Å². The van der Waals surface area contributed by atoms with Gasteiger partial charge in [0.25, 0.3) is 0 Å². The van der Waals surface area contributed by atoms with Gasteiger partial charge in [0.15, 0.2) is 11.5 Å². The Bertz CT molecular complexity index is 1410. The number of ether oxygens (including phenoxy) is 1. The van der Waals surface area contributed by atoms with Crippen molar-refractivity contribution in [3.05, 3.63) is 65.7 Å². The Balaban J connectivity index is 1.18. The maximum Gasteiger partial charge on any atom is 0.178 e. The molecule has 0 bridgehead atoms. The van der Waals surface area contributed by atoms with Gasteiger partial charge < -0.3 is 15.4 Å². The van der Waals surface area contributed by atoms with Gasteiger partial charge >= 0.3 is 0 Å². The van der Waals surface area contributed by atoms with E-state index in [1.54, 1.807) is 22.8 Å². The minimum atomic E-state index is -0.664. The molecule has 1 fully saturated rings. The van der Waals surface area contributed by atoms with E-state index in [-0.39, 0.29) is 6.10 Å². The lowest BCUT2D eigenvalue weighted by atomic mass is 10.1. The van der Waals surface area contributed by atoms with Crippen LogP contribution < -0.4 is 10.6 Å². The molecule has 9 nitrogen and oxygen atoms in total. The van der Waals surface area contributed by atoms with Crippen LogP contribution in [0.1, 0.15) is 24.4 Å². The zero-order valence-corrected chi connectivity index (χ0v) is 19.4. The van der Waals surface area contributed by atoms with E-state index >= 15 is 0 Å². The third kappa shape index (κ3) is 4.67. The summed E-state index contributed by atoms with van der Waals surface area (Å²) >= 11 is 0. The molecule has 4 aromatic rings. The summed E-state index contributed by atoms with van der Waals surface area (Å²) in [5, 5.41) is 19.7. The maximum absolute atomic E-state index is 13.7. The predicted octanol–water partition coefficient (Wildman–Crippen LogP) is 3.47. The van der Waals surface area contributed by atoms with E-state index in [0.29, 0.717) is 48.3 Å². The SMILES string of the molecule is Fc1cc(F)cc(-c2ccc3nnc(CNc4ccnc5c4N=CC(OC[C@H]4CCCN4)C5)n3n2)c1. The molecule has 5 heterocycles. The van der Waals surface area contributed by atoms with E-state index in [2.05, 4.69) is 35.9 Å². The van der Waals surface area contributed by atoms with Gasteiger partial charge in [0.05, 0.1) is 36.3 Å². The topological polar surface area (TPSA) is 102 Å². The molecule has 36 heavy (non-hydrogen) atoms. The third-order valence-electron chi connectivity index (χ3n) is 6.36. The molecule has 2 aliphatic rings. The minimum absolute atomic E-state index is 0.0987. The first kappa shape index (κ1) is 22.6. The largest absolute Gasteiger partial charge is 0.376 e. The van der Waals surface area contributed by atoms with Gasteiger partial charge in [0.2, 0.25) is 0 Å². The molecule has 11 heteroatoms. The molecule has 2 aliphatic heterocycles. The highest BCUT2D eigenvalue weighted by Gasteiger charge is 2.22. The van der Waals surface area contributed by atoms with Crippen LogP contribution in [0, 0.1) is 11.6 Å². The summed E-state index contributed by atoms with van der Waals surface area (Å²) in [4.78, 5) is 9.14. The van der Waals surface area contributed by atoms with Crippen molar-refractivity contribution in [1.82, 2.24) is 30.1 Å². The standard InChI is InChI=1S/C25H24F2N8O/c26-16-8-15(9-17(27)10-16)20-3-4-23-32-33-24(35(23)34-20)13-30-21-5-7-29-22-11-19(12-31-25(21)22)36-14-18-2-1-6-28-18/h3-5,7-10,12,18-19,28H,1-2,6,11,13-14H2,(H,29,30)/t18-,19?/m1/s1. The molecule has 2 N–H and O–H groups in total. The minimum Gasteiger partial charge on any atom is -0.376 e. The molecule has 1 unspecified atom stereocenters. The summed E-state index contributed by atoms with van der Waals surface area (Å²) in [6.45, 7) is 2.03. The van der Waals surface area contributed by atoms with Gasteiger partial charge in [-0.1, -0.05) is 0 Å². The molecule has 0 spiro atoms.